The topological polar surface area (TPSA) is 54.0 Å². The van der Waals surface area contributed by atoms with Crippen molar-refractivity contribution >= 4 is 12.2 Å². The number of hydrogen-bond acceptors (Lipinski definition) is 3. The molecule has 0 saturated heterocycles. The van der Waals surface area contributed by atoms with Crippen LogP contribution in [0.2, 0.25) is 0 Å². The van der Waals surface area contributed by atoms with E-state index in [0.717, 1.165) is 0 Å². The molecule has 0 fully saturated rings. The molecule has 0 unspecified atom stereocenters. The fourth-order valence-corrected chi connectivity index (χ4v) is 0.540. The Bertz CT molecular complexity index is 199. The second-order valence-corrected chi connectivity index (χ2v) is 1.60. The Morgan fingerprint density at radius 2 is 2.40 bits per heavy atom. The molecule has 0 spiro atoms. The molecule has 1 amide bonds. The SMILES string of the molecule is O=CNNc1ccccn1. The molecule has 0 atom stereocenters. The fraction of sp³-hybridized carbons (Fsp3) is 0. The molecule has 0 aliphatic rings. The van der Waals surface area contributed by atoms with Crippen LogP contribution in [-0.2, 0) is 4.79 Å². The second kappa shape index (κ2) is 3.45. The van der Waals surface area contributed by atoms with E-state index < -0.39 is 0 Å². The first-order chi connectivity index (χ1) is 4.93. The molecule has 0 saturated carbocycles. The average molecular weight is 137 g/mol. The zero-order chi connectivity index (χ0) is 7.23. The zero-order valence-electron chi connectivity index (χ0n) is 5.24. The van der Waals surface area contributed by atoms with Crippen LogP contribution in [0.5, 0.6) is 0 Å². The first kappa shape index (κ1) is 6.54. The van der Waals surface area contributed by atoms with Gasteiger partial charge in [0.1, 0.15) is 5.82 Å². The lowest BCUT2D eigenvalue weighted by Crippen LogP contribution is -2.19. The van der Waals surface area contributed by atoms with E-state index in [0.29, 0.717) is 12.2 Å². The third-order valence-electron chi connectivity index (χ3n) is 0.924. The summed E-state index contributed by atoms with van der Waals surface area (Å²) in [6.07, 6.45) is 2.18. The van der Waals surface area contributed by atoms with Crippen LogP contribution in [0.4, 0.5) is 5.82 Å². The molecule has 1 rings (SSSR count). The van der Waals surface area contributed by atoms with Crippen LogP contribution in [0, 0.1) is 0 Å². The molecule has 0 aromatic carbocycles. The van der Waals surface area contributed by atoms with Crippen molar-refractivity contribution in [3.8, 4) is 0 Å². The Balaban J connectivity index is 2.50. The summed E-state index contributed by atoms with van der Waals surface area (Å²) >= 11 is 0. The molecule has 10 heavy (non-hydrogen) atoms. The molecule has 0 radical (unpaired) electrons. The number of rotatable bonds is 3. The summed E-state index contributed by atoms with van der Waals surface area (Å²) in [5.74, 6) is 0.620. The maximum atomic E-state index is 9.78. The highest BCUT2D eigenvalue weighted by molar-refractivity contribution is 5.50. The number of hydrogen-bond donors (Lipinski definition) is 2. The minimum atomic E-state index is 0.550. The third kappa shape index (κ3) is 1.74. The number of hydrazine groups is 1. The number of anilines is 1. The molecule has 0 aliphatic heterocycles. The molecule has 0 bridgehead atoms. The first-order valence-corrected chi connectivity index (χ1v) is 2.79. The van der Waals surface area contributed by atoms with E-state index in [2.05, 4.69) is 15.8 Å². The number of pyridine rings is 1. The Morgan fingerprint density at radius 1 is 1.50 bits per heavy atom. The minimum Gasteiger partial charge on any atom is -0.282 e. The summed E-state index contributed by atoms with van der Waals surface area (Å²) in [6.45, 7) is 0. The van der Waals surface area contributed by atoms with Crippen LogP contribution in [0.1, 0.15) is 0 Å². The molecule has 0 aliphatic carbocycles. The van der Waals surface area contributed by atoms with Gasteiger partial charge in [0.15, 0.2) is 0 Å². The molecular formula is C6H7N3O. The molecule has 52 valence electrons. The minimum absolute atomic E-state index is 0.550. The molecule has 4 heteroatoms. The van der Waals surface area contributed by atoms with Crippen molar-refractivity contribution in [3.63, 3.8) is 0 Å². The number of carbonyl (C=O) groups is 1. The number of carbonyl (C=O) groups excluding carboxylic acids is 1. The van der Waals surface area contributed by atoms with Crippen LogP contribution < -0.4 is 10.9 Å². The van der Waals surface area contributed by atoms with Gasteiger partial charge >= 0.3 is 0 Å². The van der Waals surface area contributed by atoms with Gasteiger partial charge in [0, 0.05) is 6.20 Å². The van der Waals surface area contributed by atoms with Crippen LogP contribution in [-0.4, -0.2) is 11.4 Å². The maximum Gasteiger partial charge on any atom is 0.225 e. The lowest BCUT2D eigenvalue weighted by Gasteiger charge is -1.99. The van der Waals surface area contributed by atoms with Crippen molar-refractivity contribution in [2.45, 2.75) is 0 Å². The first-order valence-electron chi connectivity index (χ1n) is 2.79. The van der Waals surface area contributed by atoms with Gasteiger partial charge in [-0.25, -0.2) is 4.98 Å². The van der Waals surface area contributed by atoms with Crippen molar-refractivity contribution in [3.05, 3.63) is 24.4 Å². The normalized spacial score (nSPS) is 8.40. The van der Waals surface area contributed by atoms with Crippen molar-refractivity contribution in [1.29, 1.82) is 0 Å². The van der Waals surface area contributed by atoms with Gasteiger partial charge < -0.3 is 0 Å². The number of amides is 1. The predicted molar refractivity (Wildman–Crippen MR) is 37.1 cm³/mol. The van der Waals surface area contributed by atoms with Crippen molar-refractivity contribution < 1.29 is 4.79 Å². The summed E-state index contributed by atoms with van der Waals surface area (Å²) < 4.78 is 0. The Hall–Kier alpha value is -1.58. The van der Waals surface area contributed by atoms with Crippen LogP contribution in [0.3, 0.4) is 0 Å². The fourth-order valence-electron chi connectivity index (χ4n) is 0.540. The van der Waals surface area contributed by atoms with Crippen molar-refractivity contribution in [2.75, 3.05) is 5.43 Å². The summed E-state index contributed by atoms with van der Waals surface area (Å²) in [7, 11) is 0. The lowest BCUT2D eigenvalue weighted by molar-refractivity contribution is -0.109. The van der Waals surface area contributed by atoms with E-state index in [1.165, 1.54) is 0 Å². The molecule has 1 heterocycles. The van der Waals surface area contributed by atoms with E-state index in [1.807, 2.05) is 6.07 Å². The summed E-state index contributed by atoms with van der Waals surface area (Å²) in [5, 5.41) is 0. The highest BCUT2D eigenvalue weighted by Crippen LogP contribution is 1.95. The lowest BCUT2D eigenvalue weighted by atomic mass is 10.5. The third-order valence-corrected chi connectivity index (χ3v) is 0.924. The standard InChI is InChI=1S/C6H7N3O/c10-5-8-9-6-3-1-2-4-7-6/h1-5H,(H,7,9)(H,8,10). The van der Waals surface area contributed by atoms with Gasteiger partial charge in [-0.2, -0.15) is 0 Å². The van der Waals surface area contributed by atoms with Crippen molar-refractivity contribution in [1.82, 2.24) is 10.4 Å². The molecule has 1 aromatic rings. The van der Waals surface area contributed by atoms with E-state index in [1.54, 1.807) is 18.3 Å². The maximum absolute atomic E-state index is 9.78. The van der Waals surface area contributed by atoms with Gasteiger partial charge in [0.05, 0.1) is 0 Å². The smallest absolute Gasteiger partial charge is 0.225 e. The van der Waals surface area contributed by atoms with Gasteiger partial charge in [0.2, 0.25) is 6.41 Å². The molecule has 2 N–H and O–H groups in total. The van der Waals surface area contributed by atoms with Crippen molar-refractivity contribution in [2.24, 2.45) is 0 Å². The highest BCUT2D eigenvalue weighted by atomic mass is 16.1. The van der Waals surface area contributed by atoms with Gasteiger partial charge in [-0.15, -0.1) is 0 Å². The summed E-state index contributed by atoms with van der Waals surface area (Å²) in [4.78, 5) is 13.7. The van der Waals surface area contributed by atoms with Crippen LogP contribution in [0.25, 0.3) is 0 Å². The van der Waals surface area contributed by atoms with Gasteiger partial charge in [-0.1, -0.05) is 6.07 Å². The van der Waals surface area contributed by atoms with Gasteiger partial charge in [-0.3, -0.25) is 15.6 Å². The Labute approximate surface area is 58.2 Å². The van der Waals surface area contributed by atoms with E-state index in [4.69, 9.17) is 0 Å². The quantitative estimate of drug-likeness (QED) is 0.460. The summed E-state index contributed by atoms with van der Waals surface area (Å²) in [5.41, 5.74) is 4.84. The summed E-state index contributed by atoms with van der Waals surface area (Å²) in [6, 6.07) is 5.37. The van der Waals surface area contributed by atoms with Crippen LogP contribution in [0.15, 0.2) is 24.4 Å². The number of aromatic nitrogens is 1. The number of nitrogens with one attached hydrogen (secondary N) is 2. The number of nitrogens with zero attached hydrogens (tertiary/aromatic N) is 1. The monoisotopic (exact) mass is 137 g/mol. The second-order valence-electron chi connectivity index (χ2n) is 1.60. The highest BCUT2D eigenvalue weighted by Gasteiger charge is 1.84. The molecule has 4 nitrogen and oxygen atoms in total. The zero-order valence-corrected chi connectivity index (χ0v) is 5.24. The van der Waals surface area contributed by atoms with Crippen LogP contribution >= 0.6 is 0 Å². The largest absolute Gasteiger partial charge is 0.282 e. The predicted octanol–water partition coefficient (Wildman–Crippen LogP) is 0.154. The Kier molecular flexibility index (Phi) is 2.25. The van der Waals surface area contributed by atoms with E-state index in [-0.39, 0.29) is 0 Å². The van der Waals surface area contributed by atoms with E-state index >= 15 is 0 Å². The van der Waals surface area contributed by atoms with Gasteiger partial charge in [0.25, 0.3) is 0 Å². The average Bonchev–Trinajstić information content (AvgIpc) is 2.03. The molecular weight excluding hydrogens is 130 g/mol. The van der Waals surface area contributed by atoms with E-state index in [9.17, 15) is 4.79 Å². The molecule has 1 aromatic heterocycles. The van der Waals surface area contributed by atoms with Gasteiger partial charge in [-0.05, 0) is 12.1 Å². The Morgan fingerprint density at radius 3 is 3.00 bits per heavy atom.